The lowest BCUT2D eigenvalue weighted by atomic mass is 9.75. The van der Waals surface area contributed by atoms with Crippen molar-refractivity contribution in [2.24, 2.45) is 0 Å². The Morgan fingerprint density at radius 2 is 2.10 bits per heavy atom. The zero-order chi connectivity index (χ0) is 20.6. The van der Waals surface area contributed by atoms with E-state index in [4.69, 9.17) is 0 Å². The minimum Gasteiger partial charge on any atom is -0.333 e. The molecule has 152 valence electrons. The van der Waals surface area contributed by atoms with Gasteiger partial charge in [0.25, 0.3) is 0 Å². The van der Waals surface area contributed by atoms with E-state index in [9.17, 15) is 18.8 Å². The molecule has 2 saturated heterocycles. The number of carbonyl (C=O) groups excluding carboxylic acids is 3. The molecule has 1 aromatic heterocycles. The number of nitrogens with zero attached hydrogens (tertiary/aromatic N) is 3. The lowest BCUT2D eigenvalue weighted by Gasteiger charge is -2.37. The molecule has 0 N–H and O–H groups in total. The minimum atomic E-state index is -1.50. The topological polar surface area (TPSA) is 70.6 Å². The van der Waals surface area contributed by atoms with Crippen molar-refractivity contribution in [1.82, 2.24) is 14.8 Å². The normalized spacial score (nSPS) is 25.0. The van der Waals surface area contributed by atoms with Crippen LogP contribution in [0.4, 0.5) is 4.39 Å². The molecule has 6 nitrogen and oxygen atoms in total. The van der Waals surface area contributed by atoms with Gasteiger partial charge in [0.15, 0.2) is 0 Å². The summed E-state index contributed by atoms with van der Waals surface area (Å²) in [4.78, 5) is 46.0. The highest BCUT2D eigenvalue weighted by molar-refractivity contribution is 7.09. The second kappa shape index (κ2) is 7.67. The van der Waals surface area contributed by atoms with Gasteiger partial charge in [0, 0.05) is 43.6 Å². The molecule has 0 radical (unpaired) electrons. The molecule has 4 rings (SSSR count). The van der Waals surface area contributed by atoms with Gasteiger partial charge in [-0.3, -0.25) is 19.3 Å². The van der Waals surface area contributed by atoms with Crippen LogP contribution in [0.25, 0.3) is 0 Å². The molecule has 2 aliphatic heterocycles. The summed E-state index contributed by atoms with van der Waals surface area (Å²) in [6.45, 7) is 0.564. The number of likely N-dealkylation sites (N-methyl/N-ethyl adjacent to an activating group) is 1. The molecule has 8 heteroatoms. The molecule has 0 saturated carbocycles. The van der Waals surface area contributed by atoms with E-state index in [1.165, 1.54) is 36.6 Å². The molecule has 2 fully saturated rings. The van der Waals surface area contributed by atoms with Gasteiger partial charge in [-0.1, -0.05) is 18.2 Å². The number of hydrogen-bond donors (Lipinski definition) is 0. The van der Waals surface area contributed by atoms with E-state index in [0.717, 1.165) is 29.2 Å². The standard InChI is InChI=1S/C21H22FN3O3S/c1-24-17(26)12-21(20(24)28,14-6-2-3-7-15(14)22)13-18(27)25-10-5-4-8-16(25)19-23-9-11-29-19/h2-3,6-7,9,11,16H,4-5,8,10,12-13H2,1H3. The molecule has 2 aliphatic rings. The van der Waals surface area contributed by atoms with Gasteiger partial charge in [-0.05, 0) is 25.3 Å². The van der Waals surface area contributed by atoms with E-state index in [1.807, 2.05) is 5.38 Å². The first-order valence-corrected chi connectivity index (χ1v) is 10.6. The monoisotopic (exact) mass is 415 g/mol. The van der Waals surface area contributed by atoms with Crippen molar-refractivity contribution in [3.05, 3.63) is 52.2 Å². The summed E-state index contributed by atoms with van der Waals surface area (Å²) in [6, 6.07) is 5.78. The number of carbonyl (C=O) groups is 3. The molecule has 3 heterocycles. The number of rotatable bonds is 4. The molecular formula is C21H22FN3O3S. The summed E-state index contributed by atoms with van der Waals surface area (Å²) in [5.41, 5.74) is -1.39. The molecule has 0 spiro atoms. The summed E-state index contributed by atoms with van der Waals surface area (Å²) in [7, 11) is 1.39. The SMILES string of the molecule is CN1C(=O)CC(CC(=O)N2CCCCC2c2nccs2)(c2ccccc2F)C1=O. The number of aromatic nitrogens is 1. The maximum absolute atomic E-state index is 14.7. The second-order valence-electron chi connectivity index (χ2n) is 7.64. The number of hydrogen-bond acceptors (Lipinski definition) is 5. The van der Waals surface area contributed by atoms with Gasteiger partial charge >= 0.3 is 0 Å². The quantitative estimate of drug-likeness (QED) is 0.720. The van der Waals surface area contributed by atoms with Crippen LogP contribution in [0.1, 0.15) is 48.7 Å². The van der Waals surface area contributed by atoms with Crippen molar-refractivity contribution in [2.75, 3.05) is 13.6 Å². The fourth-order valence-electron chi connectivity index (χ4n) is 4.43. The highest BCUT2D eigenvalue weighted by atomic mass is 32.1. The van der Waals surface area contributed by atoms with Gasteiger partial charge in [0.05, 0.1) is 11.5 Å². The summed E-state index contributed by atoms with van der Waals surface area (Å²) in [5.74, 6) is -1.75. The Morgan fingerprint density at radius 3 is 2.76 bits per heavy atom. The van der Waals surface area contributed by atoms with Crippen molar-refractivity contribution < 1.29 is 18.8 Å². The lowest BCUT2D eigenvalue weighted by Crippen LogP contribution is -2.45. The van der Waals surface area contributed by atoms with Crippen molar-refractivity contribution in [1.29, 1.82) is 0 Å². The van der Waals surface area contributed by atoms with E-state index in [1.54, 1.807) is 17.2 Å². The van der Waals surface area contributed by atoms with Gasteiger partial charge in [0.2, 0.25) is 17.7 Å². The van der Waals surface area contributed by atoms with E-state index in [-0.39, 0.29) is 30.4 Å². The van der Waals surface area contributed by atoms with Crippen molar-refractivity contribution in [3.63, 3.8) is 0 Å². The molecule has 1 aromatic carbocycles. The van der Waals surface area contributed by atoms with Gasteiger partial charge < -0.3 is 4.90 Å². The van der Waals surface area contributed by atoms with Crippen LogP contribution in [0.5, 0.6) is 0 Å². The minimum absolute atomic E-state index is 0.110. The Hall–Kier alpha value is -2.61. The number of imide groups is 1. The van der Waals surface area contributed by atoms with Crippen LogP contribution in [0.2, 0.25) is 0 Å². The van der Waals surface area contributed by atoms with Crippen LogP contribution in [0.15, 0.2) is 35.8 Å². The van der Waals surface area contributed by atoms with Crippen molar-refractivity contribution >= 4 is 29.1 Å². The maximum atomic E-state index is 14.7. The first kappa shape index (κ1) is 19.7. The number of benzene rings is 1. The zero-order valence-electron chi connectivity index (χ0n) is 16.1. The predicted molar refractivity (Wildman–Crippen MR) is 106 cm³/mol. The largest absolute Gasteiger partial charge is 0.333 e. The Kier molecular flexibility index (Phi) is 5.21. The lowest BCUT2D eigenvalue weighted by molar-refractivity contribution is -0.143. The summed E-state index contributed by atoms with van der Waals surface area (Å²) in [6.07, 6.45) is 3.94. The molecule has 0 bridgehead atoms. The van der Waals surface area contributed by atoms with Gasteiger partial charge in [-0.25, -0.2) is 9.37 Å². The molecule has 2 unspecified atom stereocenters. The highest BCUT2D eigenvalue weighted by Gasteiger charge is 2.54. The zero-order valence-corrected chi connectivity index (χ0v) is 17.0. The van der Waals surface area contributed by atoms with Crippen LogP contribution >= 0.6 is 11.3 Å². The smallest absolute Gasteiger partial charge is 0.240 e. The van der Waals surface area contributed by atoms with E-state index in [0.29, 0.717) is 6.54 Å². The third kappa shape index (κ3) is 3.35. The van der Waals surface area contributed by atoms with Crippen molar-refractivity contribution in [3.8, 4) is 0 Å². The first-order chi connectivity index (χ1) is 13.9. The van der Waals surface area contributed by atoms with E-state index in [2.05, 4.69) is 4.98 Å². The average molecular weight is 415 g/mol. The average Bonchev–Trinajstić information content (AvgIpc) is 3.33. The molecule has 0 aliphatic carbocycles. The van der Waals surface area contributed by atoms with Gasteiger partial charge in [-0.15, -0.1) is 11.3 Å². The Bertz CT molecular complexity index is 948. The van der Waals surface area contributed by atoms with E-state index < -0.39 is 23.0 Å². The van der Waals surface area contributed by atoms with Crippen LogP contribution in [-0.2, 0) is 19.8 Å². The molecule has 2 aromatic rings. The van der Waals surface area contributed by atoms with Crippen molar-refractivity contribution in [2.45, 2.75) is 43.6 Å². The first-order valence-electron chi connectivity index (χ1n) is 9.69. The fraction of sp³-hybridized carbons (Fsp3) is 0.429. The van der Waals surface area contributed by atoms with E-state index >= 15 is 0 Å². The molecular weight excluding hydrogens is 393 g/mol. The third-order valence-electron chi connectivity index (χ3n) is 5.94. The third-order valence-corrected chi connectivity index (χ3v) is 6.82. The van der Waals surface area contributed by atoms with Crippen LogP contribution in [-0.4, -0.2) is 46.1 Å². The summed E-state index contributed by atoms with van der Waals surface area (Å²) < 4.78 is 14.7. The number of likely N-dealkylation sites (tertiary alicyclic amines) is 2. The fourth-order valence-corrected chi connectivity index (χ4v) is 5.21. The van der Waals surface area contributed by atoms with Crippen LogP contribution in [0, 0.1) is 5.82 Å². The predicted octanol–water partition coefficient (Wildman–Crippen LogP) is 3.05. The van der Waals surface area contributed by atoms with Gasteiger partial charge in [-0.2, -0.15) is 0 Å². The Labute approximate surface area is 172 Å². The summed E-state index contributed by atoms with van der Waals surface area (Å²) >= 11 is 1.50. The summed E-state index contributed by atoms with van der Waals surface area (Å²) in [5, 5.41) is 2.74. The Balaban J connectivity index is 1.70. The molecule has 29 heavy (non-hydrogen) atoms. The number of halogens is 1. The highest BCUT2D eigenvalue weighted by Crippen LogP contribution is 2.42. The number of thiazole rings is 1. The Morgan fingerprint density at radius 1 is 1.31 bits per heavy atom. The molecule has 2 atom stereocenters. The van der Waals surface area contributed by atoms with Crippen LogP contribution in [0.3, 0.4) is 0 Å². The number of piperidine rings is 1. The molecule has 3 amide bonds. The van der Waals surface area contributed by atoms with Gasteiger partial charge in [0.1, 0.15) is 10.8 Å². The second-order valence-corrected chi connectivity index (χ2v) is 8.57. The number of amides is 3. The van der Waals surface area contributed by atoms with Crippen LogP contribution < -0.4 is 0 Å². The maximum Gasteiger partial charge on any atom is 0.240 e.